The SMILES string of the molecule is C[C@@H]1CCC2[C@]34OO[C@](C)(CC[C@@H]13)O[C@H]4O[C@]2(C)COC(=O)c1ccc([N+](=O)[O-])cc1. The third kappa shape index (κ3) is 3.09. The molecule has 4 saturated heterocycles. The van der Waals surface area contributed by atoms with E-state index in [1.165, 1.54) is 24.3 Å². The first-order chi connectivity index (χ1) is 14.7. The van der Waals surface area contributed by atoms with Crippen molar-refractivity contribution >= 4 is 11.7 Å². The topological polar surface area (TPSA) is 106 Å². The molecule has 7 atom stereocenters. The van der Waals surface area contributed by atoms with Crippen LogP contribution in [0.15, 0.2) is 24.3 Å². The van der Waals surface area contributed by atoms with Crippen LogP contribution >= 0.6 is 0 Å². The normalized spacial score (nSPS) is 43.2. The van der Waals surface area contributed by atoms with Crippen LogP contribution in [0.25, 0.3) is 0 Å². The van der Waals surface area contributed by atoms with Crippen LogP contribution in [0, 0.1) is 27.9 Å². The van der Waals surface area contributed by atoms with Crippen molar-refractivity contribution in [3.05, 3.63) is 39.9 Å². The fourth-order valence-corrected chi connectivity index (χ4v) is 5.96. The first-order valence-corrected chi connectivity index (χ1v) is 10.8. The van der Waals surface area contributed by atoms with Gasteiger partial charge in [0.15, 0.2) is 11.9 Å². The number of non-ortho nitro benzene ring substituents is 1. The maximum Gasteiger partial charge on any atom is 0.338 e. The van der Waals surface area contributed by atoms with Gasteiger partial charge in [-0.25, -0.2) is 14.6 Å². The molecule has 9 nitrogen and oxygen atoms in total. The molecule has 2 bridgehead atoms. The number of rotatable bonds is 4. The Bertz CT molecular complexity index is 905. The molecule has 5 aliphatic rings. The lowest BCUT2D eigenvalue weighted by atomic mass is 9.60. The second kappa shape index (κ2) is 6.96. The van der Waals surface area contributed by atoms with Gasteiger partial charge >= 0.3 is 5.97 Å². The van der Waals surface area contributed by atoms with E-state index < -0.39 is 34.2 Å². The van der Waals surface area contributed by atoms with Gasteiger partial charge in [-0.05, 0) is 57.1 Å². The molecule has 1 saturated carbocycles. The maximum atomic E-state index is 12.6. The average molecular weight is 433 g/mol. The van der Waals surface area contributed by atoms with Gasteiger partial charge in [0.05, 0.1) is 10.5 Å². The van der Waals surface area contributed by atoms with Gasteiger partial charge < -0.3 is 14.2 Å². The van der Waals surface area contributed by atoms with Gasteiger partial charge in [0, 0.05) is 24.5 Å². The van der Waals surface area contributed by atoms with Gasteiger partial charge in [-0.3, -0.25) is 10.1 Å². The number of nitrogens with zero attached hydrogens (tertiary/aromatic N) is 1. The van der Waals surface area contributed by atoms with Crippen LogP contribution in [0.5, 0.6) is 0 Å². The number of nitro benzene ring substituents is 1. The van der Waals surface area contributed by atoms with E-state index in [1.54, 1.807) is 0 Å². The number of carbonyl (C=O) groups is 1. The Morgan fingerprint density at radius 1 is 1.16 bits per heavy atom. The highest BCUT2D eigenvalue weighted by molar-refractivity contribution is 5.89. The molecule has 31 heavy (non-hydrogen) atoms. The van der Waals surface area contributed by atoms with E-state index in [2.05, 4.69) is 6.92 Å². The standard InChI is InChI=1S/C22H27NO8/c1-13-4-9-17-20(2,12-27-18(24)14-5-7-15(8-6-14)23(25)26)28-19-22(17)16(13)10-11-21(3,29-19)30-31-22/h5-8,13,16-17,19H,4,9-12H2,1-3H3/t13-,16+,17?,19-,20-,21-,22-/m1/s1. The van der Waals surface area contributed by atoms with Crippen LogP contribution in [0.4, 0.5) is 5.69 Å². The van der Waals surface area contributed by atoms with Crippen LogP contribution < -0.4 is 0 Å². The summed E-state index contributed by atoms with van der Waals surface area (Å²) in [6.45, 7) is 6.06. The summed E-state index contributed by atoms with van der Waals surface area (Å²) in [6.07, 6.45) is 2.95. The van der Waals surface area contributed by atoms with Gasteiger partial charge in [0.1, 0.15) is 12.2 Å². The predicted octanol–water partition coefficient (Wildman–Crippen LogP) is 3.76. The van der Waals surface area contributed by atoms with Crippen molar-refractivity contribution in [2.75, 3.05) is 6.61 Å². The Hall–Kier alpha value is -2.07. The molecule has 1 unspecified atom stereocenters. The van der Waals surface area contributed by atoms with Crippen LogP contribution in [-0.4, -0.2) is 40.8 Å². The molecular weight excluding hydrogens is 406 g/mol. The molecule has 4 heterocycles. The van der Waals surface area contributed by atoms with Crippen LogP contribution in [0.3, 0.4) is 0 Å². The van der Waals surface area contributed by atoms with Gasteiger partial charge in [-0.15, -0.1) is 0 Å². The number of hydrogen-bond acceptors (Lipinski definition) is 8. The van der Waals surface area contributed by atoms with Crippen molar-refractivity contribution in [1.82, 2.24) is 0 Å². The molecular formula is C22H27NO8. The fourth-order valence-electron chi connectivity index (χ4n) is 5.96. The van der Waals surface area contributed by atoms with Crippen LogP contribution in [0.2, 0.25) is 0 Å². The van der Waals surface area contributed by atoms with Gasteiger partial charge in [0.25, 0.3) is 5.69 Å². The number of hydrogen-bond donors (Lipinski definition) is 0. The lowest BCUT2D eigenvalue weighted by Gasteiger charge is -2.50. The summed E-state index contributed by atoms with van der Waals surface area (Å²) in [5, 5.41) is 10.8. The van der Waals surface area contributed by atoms with Crippen molar-refractivity contribution in [2.45, 2.75) is 69.7 Å². The Balaban J connectivity index is 1.37. The van der Waals surface area contributed by atoms with Crippen molar-refractivity contribution in [3.8, 4) is 0 Å². The lowest BCUT2D eigenvalue weighted by molar-refractivity contribution is -0.541. The highest BCUT2D eigenvalue weighted by Crippen LogP contribution is 2.63. The highest BCUT2D eigenvalue weighted by Gasteiger charge is 2.74. The molecule has 168 valence electrons. The lowest BCUT2D eigenvalue weighted by Crippen LogP contribution is -2.62. The first kappa shape index (κ1) is 20.8. The quantitative estimate of drug-likeness (QED) is 0.306. The van der Waals surface area contributed by atoms with E-state index in [9.17, 15) is 14.9 Å². The molecule has 9 heteroatoms. The molecule has 1 aromatic rings. The summed E-state index contributed by atoms with van der Waals surface area (Å²) in [6, 6.07) is 5.35. The monoisotopic (exact) mass is 433 g/mol. The third-order valence-electron chi connectivity index (χ3n) is 7.64. The minimum absolute atomic E-state index is 0.0241. The zero-order valence-corrected chi connectivity index (χ0v) is 17.9. The second-order valence-corrected chi connectivity index (χ2v) is 9.67. The molecule has 1 spiro atoms. The number of benzene rings is 1. The van der Waals surface area contributed by atoms with E-state index in [0.717, 1.165) is 25.7 Å². The fraction of sp³-hybridized carbons (Fsp3) is 0.682. The molecule has 1 aliphatic carbocycles. The summed E-state index contributed by atoms with van der Waals surface area (Å²) < 4.78 is 18.3. The van der Waals surface area contributed by atoms with Crippen molar-refractivity contribution < 1.29 is 33.7 Å². The summed E-state index contributed by atoms with van der Waals surface area (Å²) in [5.74, 6) is -0.788. The van der Waals surface area contributed by atoms with Crippen molar-refractivity contribution in [1.29, 1.82) is 0 Å². The number of carbonyl (C=O) groups excluding carboxylic acids is 1. The second-order valence-electron chi connectivity index (χ2n) is 9.67. The average Bonchev–Trinajstić information content (AvgIpc) is 2.82. The number of esters is 1. The largest absolute Gasteiger partial charge is 0.459 e. The van der Waals surface area contributed by atoms with E-state index in [4.69, 9.17) is 24.0 Å². The summed E-state index contributed by atoms with van der Waals surface area (Å²) in [5.41, 5.74) is -1.35. The van der Waals surface area contributed by atoms with Gasteiger partial charge in [0.2, 0.25) is 5.79 Å². The molecule has 5 fully saturated rings. The maximum absolute atomic E-state index is 12.6. The van der Waals surface area contributed by atoms with Gasteiger partial charge in [-0.1, -0.05) is 6.92 Å². The number of fused-ring (bicyclic) bond motifs is 2. The smallest absolute Gasteiger partial charge is 0.338 e. The third-order valence-corrected chi connectivity index (χ3v) is 7.64. The van der Waals surface area contributed by atoms with Crippen molar-refractivity contribution in [2.24, 2.45) is 17.8 Å². The minimum Gasteiger partial charge on any atom is -0.459 e. The molecule has 0 amide bonds. The zero-order chi connectivity index (χ0) is 22.0. The Morgan fingerprint density at radius 2 is 1.90 bits per heavy atom. The van der Waals surface area contributed by atoms with E-state index >= 15 is 0 Å². The molecule has 1 aromatic carbocycles. The summed E-state index contributed by atoms with van der Waals surface area (Å²) in [4.78, 5) is 34.8. The number of ether oxygens (including phenoxy) is 3. The molecule has 4 aliphatic heterocycles. The number of nitro groups is 1. The minimum atomic E-state index is -0.849. The van der Waals surface area contributed by atoms with Gasteiger partial charge in [-0.2, -0.15) is 0 Å². The Labute approximate surface area is 180 Å². The predicted molar refractivity (Wildman–Crippen MR) is 106 cm³/mol. The molecule has 0 N–H and O–H groups in total. The summed E-state index contributed by atoms with van der Waals surface area (Å²) >= 11 is 0. The van der Waals surface area contributed by atoms with E-state index in [1.807, 2.05) is 13.8 Å². The van der Waals surface area contributed by atoms with E-state index in [0.29, 0.717) is 5.92 Å². The molecule has 0 aromatic heterocycles. The Morgan fingerprint density at radius 3 is 2.61 bits per heavy atom. The highest BCUT2D eigenvalue weighted by atomic mass is 17.3. The Kier molecular flexibility index (Phi) is 4.68. The van der Waals surface area contributed by atoms with Crippen LogP contribution in [0.1, 0.15) is 56.8 Å². The van der Waals surface area contributed by atoms with E-state index in [-0.39, 0.29) is 29.7 Å². The van der Waals surface area contributed by atoms with Crippen LogP contribution in [-0.2, 0) is 24.0 Å². The first-order valence-electron chi connectivity index (χ1n) is 10.8. The molecule has 6 rings (SSSR count). The zero-order valence-electron chi connectivity index (χ0n) is 17.9. The summed E-state index contributed by atoms with van der Waals surface area (Å²) in [7, 11) is 0. The van der Waals surface area contributed by atoms with Crippen molar-refractivity contribution in [3.63, 3.8) is 0 Å². The molecule has 0 radical (unpaired) electrons.